The molecule has 1 aliphatic heterocycles. The monoisotopic (exact) mass is 447 g/mol. The number of ether oxygens (including phenoxy) is 1. The van der Waals surface area contributed by atoms with Crippen LogP contribution in [0.25, 0.3) is 0 Å². The molecule has 4 rings (SSSR count). The van der Waals surface area contributed by atoms with Crippen LogP contribution in [-0.4, -0.2) is 45.5 Å². The summed E-state index contributed by atoms with van der Waals surface area (Å²) in [6.07, 6.45) is 1.63. The highest BCUT2D eigenvalue weighted by Gasteiger charge is 2.37. The number of nitrogens with one attached hydrogen (secondary N) is 3. The van der Waals surface area contributed by atoms with Crippen molar-refractivity contribution in [1.82, 2.24) is 10.0 Å². The summed E-state index contributed by atoms with van der Waals surface area (Å²) in [7, 11) is -3.66. The molecule has 8 nitrogen and oxygen atoms in total. The highest BCUT2D eigenvalue weighted by Crippen LogP contribution is 2.33. The van der Waals surface area contributed by atoms with E-state index < -0.39 is 33.7 Å². The topological polar surface area (TPSA) is 114 Å². The van der Waals surface area contributed by atoms with E-state index in [-0.39, 0.29) is 22.4 Å². The van der Waals surface area contributed by atoms with Gasteiger partial charge >= 0.3 is 0 Å². The highest BCUT2D eigenvalue weighted by atomic mass is 32.2. The van der Waals surface area contributed by atoms with Crippen LogP contribution in [0, 0.1) is 11.7 Å². The van der Waals surface area contributed by atoms with Crippen molar-refractivity contribution in [2.75, 3.05) is 18.5 Å². The number of carbonyl (C=O) groups is 2. The zero-order valence-corrected chi connectivity index (χ0v) is 17.3. The van der Waals surface area contributed by atoms with Gasteiger partial charge in [-0.2, -0.15) is 0 Å². The molecule has 2 aliphatic rings. The Morgan fingerprint density at radius 3 is 2.19 bits per heavy atom. The first-order chi connectivity index (χ1) is 14.8. The summed E-state index contributed by atoms with van der Waals surface area (Å²) in [6.45, 7) is 0.694. The van der Waals surface area contributed by atoms with Crippen molar-refractivity contribution in [3.63, 3.8) is 0 Å². The molecule has 2 aromatic rings. The Morgan fingerprint density at radius 2 is 1.65 bits per heavy atom. The molecule has 1 saturated carbocycles. The van der Waals surface area contributed by atoms with Gasteiger partial charge in [0.05, 0.1) is 24.2 Å². The first kappa shape index (κ1) is 21.4. The van der Waals surface area contributed by atoms with Gasteiger partial charge in [0.15, 0.2) is 0 Å². The molecule has 0 spiro atoms. The van der Waals surface area contributed by atoms with E-state index in [1.54, 1.807) is 0 Å². The molecular weight excluding hydrogens is 425 g/mol. The van der Waals surface area contributed by atoms with Crippen molar-refractivity contribution in [3.8, 4) is 0 Å². The van der Waals surface area contributed by atoms with Gasteiger partial charge in [-0.3, -0.25) is 9.59 Å². The molecule has 0 radical (unpaired) electrons. The van der Waals surface area contributed by atoms with Crippen LogP contribution in [0.4, 0.5) is 10.1 Å². The van der Waals surface area contributed by atoms with E-state index in [1.807, 2.05) is 0 Å². The molecule has 1 unspecified atom stereocenters. The molecule has 1 saturated heterocycles. The third-order valence-corrected chi connectivity index (χ3v) is 6.70. The van der Waals surface area contributed by atoms with Crippen LogP contribution in [0.3, 0.4) is 0 Å². The van der Waals surface area contributed by atoms with E-state index >= 15 is 0 Å². The fourth-order valence-corrected chi connectivity index (χ4v) is 4.39. The molecule has 1 atom stereocenters. The molecule has 2 aromatic carbocycles. The minimum absolute atomic E-state index is 0.0259. The molecule has 10 heteroatoms. The van der Waals surface area contributed by atoms with Crippen LogP contribution in [-0.2, 0) is 19.6 Å². The molecule has 1 heterocycles. The molecule has 2 fully saturated rings. The van der Waals surface area contributed by atoms with Gasteiger partial charge in [-0.1, -0.05) is 0 Å². The van der Waals surface area contributed by atoms with E-state index in [2.05, 4.69) is 15.4 Å². The largest absolute Gasteiger partial charge is 0.378 e. The second-order valence-electron chi connectivity index (χ2n) is 7.66. The third-order valence-electron chi connectivity index (χ3n) is 5.16. The maximum atomic E-state index is 13.1. The Hall–Kier alpha value is -2.82. The van der Waals surface area contributed by atoms with E-state index in [1.165, 1.54) is 48.5 Å². The minimum atomic E-state index is -3.66. The number of rotatable bonds is 8. The normalized spacial score (nSPS) is 17.5. The zero-order valence-electron chi connectivity index (χ0n) is 16.5. The Labute approximate surface area is 179 Å². The van der Waals surface area contributed by atoms with Crippen molar-refractivity contribution in [2.45, 2.75) is 29.8 Å². The Kier molecular flexibility index (Phi) is 6.03. The fraction of sp³-hybridized carbons (Fsp3) is 0.333. The van der Waals surface area contributed by atoms with Gasteiger partial charge in [-0.15, -0.1) is 0 Å². The van der Waals surface area contributed by atoms with E-state index in [0.717, 1.165) is 12.8 Å². The second-order valence-corrected chi connectivity index (χ2v) is 9.38. The van der Waals surface area contributed by atoms with Gasteiger partial charge in [0.25, 0.3) is 5.91 Å². The molecule has 0 bridgehead atoms. The van der Waals surface area contributed by atoms with Gasteiger partial charge in [0.1, 0.15) is 11.9 Å². The average Bonchev–Trinajstić information content (AvgIpc) is 3.55. The summed E-state index contributed by atoms with van der Waals surface area (Å²) in [6, 6.07) is 9.92. The van der Waals surface area contributed by atoms with E-state index in [9.17, 15) is 22.4 Å². The van der Waals surface area contributed by atoms with Gasteiger partial charge < -0.3 is 15.4 Å². The Morgan fingerprint density at radius 1 is 1.00 bits per heavy atom. The predicted octanol–water partition coefficient (Wildman–Crippen LogP) is 1.65. The first-order valence-corrected chi connectivity index (χ1v) is 11.4. The second kappa shape index (κ2) is 8.74. The van der Waals surface area contributed by atoms with E-state index in [0.29, 0.717) is 18.9 Å². The molecule has 1 aliphatic carbocycles. The van der Waals surface area contributed by atoms with Crippen molar-refractivity contribution in [2.24, 2.45) is 5.92 Å². The van der Waals surface area contributed by atoms with Gasteiger partial charge in [-0.25, -0.2) is 17.5 Å². The minimum Gasteiger partial charge on any atom is -0.378 e. The number of hydrogen-bond donors (Lipinski definition) is 3. The van der Waals surface area contributed by atoms with Crippen molar-refractivity contribution in [3.05, 3.63) is 59.9 Å². The van der Waals surface area contributed by atoms with Crippen molar-refractivity contribution in [1.29, 1.82) is 0 Å². The van der Waals surface area contributed by atoms with Crippen molar-refractivity contribution < 1.29 is 27.1 Å². The summed E-state index contributed by atoms with van der Waals surface area (Å²) in [5.41, 5.74) is 0.677. The maximum absolute atomic E-state index is 13.1. The summed E-state index contributed by atoms with van der Waals surface area (Å²) in [5, 5.41) is 5.44. The quantitative estimate of drug-likeness (QED) is 0.570. The number of anilines is 1. The lowest BCUT2D eigenvalue weighted by atomic mass is 10.1. The lowest BCUT2D eigenvalue weighted by Gasteiger charge is -2.26. The smallest absolute Gasteiger partial charge is 0.251 e. The standard InChI is InChI=1S/C21H22FN3O5S/c22-15-5-3-14(4-6-15)20(26)24-19(13-1-2-13)21(27)23-16-7-9-18(10-8-16)31(28,29)25-17-11-30-12-17/h3-10,13,17,19,25H,1-2,11-12H2,(H,23,27)(H,24,26). The lowest BCUT2D eigenvalue weighted by Crippen LogP contribution is -2.48. The fourth-order valence-electron chi connectivity index (χ4n) is 3.18. The number of amides is 2. The van der Waals surface area contributed by atoms with Gasteiger partial charge in [0.2, 0.25) is 15.9 Å². The number of carbonyl (C=O) groups excluding carboxylic acids is 2. The van der Waals surface area contributed by atoms with Crippen LogP contribution in [0.15, 0.2) is 53.4 Å². The molecule has 31 heavy (non-hydrogen) atoms. The third kappa shape index (κ3) is 5.27. The van der Waals surface area contributed by atoms with Gasteiger partial charge in [-0.05, 0) is 67.3 Å². The summed E-state index contributed by atoms with van der Waals surface area (Å²) >= 11 is 0. The maximum Gasteiger partial charge on any atom is 0.251 e. The Bertz CT molecular complexity index is 1070. The molecule has 3 N–H and O–H groups in total. The predicted molar refractivity (Wildman–Crippen MR) is 110 cm³/mol. The van der Waals surface area contributed by atoms with Crippen LogP contribution in [0.2, 0.25) is 0 Å². The lowest BCUT2D eigenvalue weighted by molar-refractivity contribution is -0.118. The molecule has 2 amide bonds. The van der Waals surface area contributed by atoms with E-state index in [4.69, 9.17) is 4.74 Å². The van der Waals surface area contributed by atoms with Crippen LogP contribution in [0.5, 0.6) is 0 Å². The van der Waals surface area contributed by atoms with Gasteiger partial charge in [0, 0.05) is 11.3 Å². The summed E-state index contributed by atoms with van der Waals surface area (Å²) in [4.78, 5) is 25.3. The SMILES string of the molecule is O=C(NC(C(=O)Nc1ccc(S(=O)(=O)NC2COC2)cc1)C1CC1)c1ccc(F)cc1. The first-order valence-electron chi connectivity index (χ1n) is 9.89. The van der Waals surface area contributed by atoms with Crippen molar-refractivity contribution >= 4 is 27.5 Å². The highest BCUT2D eigenvalue weighted by molar-refractivity contribution is 7.89. The Balaban J connectivity index is 1.39. The average molecular weight is 447 g/mol. The van der Waals surface area contributed by atoms with Crippen LogP contribution >= 0.6 is 0 Å². The number of halogens is 1. The molecule has 164 valence electrons. The van der Waals surface area contributed by atoms with Crippen LogP contribution < -0.4 is 15.4 Å². The molecule has 0 aromatic heterocycles. The number of sulfonamides is 1. The van der Waals surface area contributed by atoms with Crippen LogP contribution in [0.1, 0.15) is 23.2 Å². The zero-order chi connectivity index (χ0) is 22.0. The summed E-state index contributed by atoms with van der Waals surface area (Å²) < 4.78 is 45.2. The number of hydrogen-bond acceptors (Lipinski definition) is 5. The molecular formula is C21H22FN3O5S. The number of benzene rings is 2. The summed E-state index contributed by atoms with van der Waals surface area (Å²) in [5.74, 6) is -1.27.